The molecule has 0 fully saturated rings. The van der Waals surface area contributed by atoms with Gasteiger partial charge < -0.3 is 13.7 Å². The zero-order valence-corrected chi connectivity index (χ0v) is 29.5. The zero-order chi connectivity index (χ0) is 36.6. The van der Waals surface area contributed by atoms with Crippen LogP contribution in [0.25, 0.3) is 103 Å². The first kappa shape index (κ1) is 30.7. The molecular formula is C50H29N5. The van der Waals surface area contributed by atoms with Crippen molar-refractivity contribution in [2.24, 2.45) is 0 Å². The molecule has 11 aromatic rings. The highest BCUT2D eigenvalue weighted by Gasteiger charge is 2.20. The summed E-state index contributed by atoms with van der Waals surface area (Å²) in [5, 5.41) is 6.92. The van der Waals surface area contributed by atoms with Crippen LogP contribution in [0, 0.1) is 13.1 Å². The van der Waals surface area contributed by atoms with E-state index < -0.39 is 0 Å². The molecule has 254 valence electrons. The number of rotatable bonds is 4. The maximum absolute atomic E-state index is 8.30. The van der Waals surface area contributed by atoms with Crippen LogP contribution in [-0.4, -0.2) is 13.7 Å². The molecule has 0 saturated heterocycles. The highest BCUT2D eigenvalue weighted by Crippen LogP contribution is 2.43. The van der Waals surface area contributed by atoms with Gasteiger partial charge in [0.25, 0.3) is 0 Å². The van der Waals surface area contributed by atoms with Crippen molar-refractivity contribution in [1.29, 1.82) is 0 Å². The lowest BCUT2D eigenvalue weighted by molar-refractivity contribution is 1.16. The van der Waals surface area contributed by atoms with Crippen molar-refractivity contribution in [2.45, 2.75) is 0 Å². The Morgan fingerprint density at radius 1 is 0.345 bits per heavy atom. The molecule has 0 aliphatic carbocycles. The highest BCUT2D eigenvalue weighted by molar-refractivity contribution is 6.13. The van der Waals surface area contributed by atoms with Crippen LogP contribution in [-0.2, 0) is 0 Å². The Kier molecular flexibility index (Phi) is 6.61. The second kappa shape index (κ2) is 11.8. The molecule has 8 aromatic carbocycles. The molecule has 3 heterocycles. The van der Waals surface area contributed by atoms with E-state index in [1.54, 1.807) is 0 Å². The minimum absolute atomic E-state index is 0.580. The standard InChI is InChI=1S/C50H29N5/c1-51-33-25-27-48-40(30-33)38-17-6-10-23-46(38)55(48)49-24-12-19-42(52-2)50(49)32-13-11-14-34(29-32)53-45-22-9-5-18-39(45)41-31-35(26-28-47(41)53)54-43-20-7-3-15-36(43)37-16-4-8-21-44(37)54/h3-31H. The van der Waals surface area contributed by atoms with Gasteiger partial charge in [-0.1, -0.05) is 103 Å². The van der Waals surface area contributed by atoms with Gasteiger partial charge in [0.05, 0.1) is 46.2 Å². The highest BCUT2D eigenvalue weighted by atomic mass is 15.0. The molecule has 0 saturated carbocycles. The Morgan fingerprint density at radius 3 is 1.45 bits per heavy atom. The van der Waals surface area contributed by atoms with Crippen molar-refractivity contribution < 1.29 is 0 Å². The van der Waals surface area contributed by atoms with Gasteiger partial charge in [0.15, 0.2) is 11.4 Å². The van der Waals surface area contributed by atoms with E-state index in [0.29, 0.717) is 11.4 Å². The summed E-state index contributed by atoms with van der Waals surface area (Å²) >= 11 is 0. The fourth-order valence-corrected chi connectivity index (χ4v) is 8.77. The molecule has 0 aliphatic heterocycles. The minimum Gasteiger partial charge on any atom is -0.310 e. The van der Waals surface area contributed by atoms with Crippen LogP contribution >= 0.6 is 0 Å². The molecule has 0 spiro atoms. The SMILES string of the molecule is [C-]#[N+]c1ccc2c(c1)c1ccccc1n2-c1cccc([N+]#[C-])c1-c1cccc(-n2c3ccccc3c3cc(-n4c5ccccc5c5ccccc54)ccc32)c1. The molecule has 0 amide bonds. The Bertz CT molecular complexity index is 3420. The predicted molar refractivity (Wildman–Crippen MR) is 227 cm³/mol. The average Bonchev–Trinajstić information content (AvgIpc) is 3.88. The summed E-state index contributed by atoms with van der Waals surface area (Å²) < 4.78 is 6.96. The van der Waals surface area contributed by atoms with E-state index in [-0.39, 0.29) is 0 Å². The van der Waals surface area contributed by atoms with E-state index in [1.807, 2.05) is 42.5 Å². The van der Waals surface area contributed by atoms with E-state index in [9.17, 15) is 0 Å². The minimum atomic E-state index is 0.580. The number of aromatic nitrogens is 3. The molecular weight excluding hydrogens is 671 g/mol. The number of benzene rings is 8. The lowest BCUT2D eigenvalue weighted by Gasteiger charge is -2.17. The van der Waals surface area contributed by atoms with Gasteiger partial charge in [0.1, 0.15) is 0 Å². The number of hydrogen-bond donors (Lipinski definition) is 0. The fraction of sp³-hybridized carbons (Fsp3) is 0. The van der Waals surface area contributed by atoms with Crippen molar-refractivity contribution in [2.75, 3.05) is 0 Å². The molecule has 55 heavy (non-hydrogen) atoms. The van der Waals surface area contributed by atoms with Crippen molar-refractivity contribution in [3.8, 4) is 28.2 Å². The number of nitrogens with zero attached hydrogens (tertiary/aromatic N) is 5. The van der Waals surface area contributed by atoms with Crippen molar-refractivity contribution in [3.05, 3.63) is 199 Å². The van der Waals surface area contributed by atoms with Crippen LogP contribution in [0.15, 0.2) is 176 Å². The molecule has 5 nitrogen and oxygen atoms in total. The predicted octanol–water partition coefficient (Wildman–Crippen LogP) is 13.7. The maximum Gasteiger partial charge on any atom is 0.196 e. The lowest BCUT2D eigenvalue weighted by atomic mass is 10.00. The molecule has 0 aliphatic rings. The van der Waals surface area contributed by atoms with Crippen molar-refractivity contribution in [3.63, 3.8) is 0 Å². The molecule has 0 N–H and O–H groups in total. The first-order valence-electron chi connectivity index (χ1n) is 18.3. The van der Waals surface area contributed by atoms with Crippen LogP contribution in [0.5, 0.6) is 0 Å². The number of para-hydroxylation sites is 4. The summed E-state index contributed by atoms with van der Waals surface area (Å²) in [5.74, 6) is 0. The molecule has 0 atom stereocenters. The summed E-state index contributed by atoms with van der Waals surface area (Å²) in [7, 11) is 0. The molecule has 11 rings (SSSR count). The van der Waals surface area contributed by atoms with Crippen molar-refractivity contribution in [1.82, 2.24) is 13.7 Å². The van der Waals surface area contributed by atoms with Crippen LogP contribution in [0.2, 0.25) is 0 Å². The number of hydrogen-bond acceptors (Lipinski definition) is 0. The van der Waals surface area contributed by atoms with Gasteiger partial charge in [0.2, 0.25) is 0 Å². The Labute approximate surface area is 316 Å². The first-order chi connectivity index (χ1) is 27.2. The summed E-state index contributed by atoms with van der Waals surface area (Å²) in [6, 6.07) is 61.4. The van der Waals surface area contributed by atoms with Gasteiger partial charge in [-0.25, -0.2) is 9.69 Å². The van der Waals surface area contributed by atoms with Gasteiger partial charge in [-0.15, -0.1) is 0 Å². The summed E-state index contributed by atoms with van der Waals surface area (Å²) in [6.07, 6.45) is 0. The van der Waals surface area contributed by atoms with Gasteiger partial charge in [0, 0.05) is 49.6 Å². The summed E-state index contributed by atoms with van der Waals surface area (Å²) in [5.41, 5.74) is 12.7. The van der Waals surface area contributed by atoms with E-state index >= 15 is 0 Å². The first-order valence-corrected chi connectivity index (χ1v) is 18.3. The number of fused-ring (bicyclic) bond motifs is 9. The van der Waals surface area contributed by atoms with Crippen LogP contribution < -0.4 is 0 Å². The van der Waals surface area contributed by atoms with Gasteiger partial charge >= 0.3 is 0 Å². The maximum atomic E-state index is 8.30. The van der Waals surface area contributed by atoms with Gasteiger partial charge in [-0.2, -0.15) is 0 Å². The fourth-order valence-electron chi connectivity index (χ4n) is 8.77. The Morgan fingerprint density at radius 2 is 0.836 bits per heavy atom. The third-order valence-corrected chi connectivity index (χ3v) is 11.1. The smallest absolute Gasteiger partial charge is 0.196 e. The van der Waals surface area contributed by atoms with E-state index in [2.05, 4.69) is 157 Å². The summed E-state index contributed by atoms with van der Waals surface area (Å²) in [6.45, 7) is 16.0. The average molecular weight is 700 g/mol. The molecule has 5 heteroatoms. The third kappa shape index (κ3) is 4.45. The summed E-state index contributed by atoms with van der Waals surface area (Å²) in [4.78, 5) is 7.78. The lowest BCUT2D eigenvalue weighted by Crippen LogP contribution is -1.99. The van der Waals surface area contributed by atoms with E-state index in [4.69, 9.17) is 13.1 Å². The second-order valence-electron chi connectivity index (χ2n) is 13.9. The van der Waals surface area contributed by atoms with Crippen LogP contribution in [0.3, 0.4) is 0 Å². The molecule has 0 radical (unpaired) electrons. The van der Waals surface area contributed by atoms with E-state index in [0.717, 1.165) is 61.0 Å². The molecule has 0 unspecified atom stereocenters. The normalized spacial score (nSPS) is 11.6. The second-order valence-corrected chi connectivity index (χ2v) is 13.9. The third-order valence-electron chi connectivity index (χ3n) is 11.1. The van der Waals surface area contributed by atoms with Crippen LogP contribution in [0.1, 0.15) is 0 Å². The largest absolute Gasteiger partial charge is 0.310 e. The Hall–Kier alpha value is -7.86. The quantitative estimate of drug-likeness (QED) is 0.163. The van der Waals surface area contributed by atoms with Crippen molar-refractivity contribution >= 4 is 76.8 Å². The molecule has 3 aromatic heterocycles. The van der Waals surface area contributed by atoms with Gasteiger partial charge in [-0.05, 0) is 83.7 Å². The topological polar surface area (TPSA) is 23.5 Å². The van der Waals surface area contributed by atoms with Crippen LogP contribution in [0.4, 0.5) is 11.4 Å². The van der Waals surface area contributed by atoms with Gasteiger partial charge in [-0.3, -0.25) is 0 Å². The molecule has 0 bridgehead atoms. The zero-order valence-electron chi connectivity index (χ0n) is 29.5. The Balaban J connectivity index is 1.13. The monoisotopic (exact) mass is 699 g/mol. The van der Waals surface area contributed by atoms with E-state index in [1.165, 1.54) is 32.6 Å².